The number of ether oxygens (including phenoxy) is 1. The first-order valence-electron chi connectivity index (χ1n) is 3.65. The van der Waals surface area contributed by atoms with E-state index in [2.05, 4.69) is 10.2 Å². The van der Waals surface area contributed by atoms with E-state index in [9.17, 15) is 0 Å². The van der Waals surface area contributed by atoms with Crippen molar-refractivity contribution in [2.45, 2.75) is 0 Å². The van der Waals surface area contributed by atoms with E-state index in [0.29, 0.717) is 5.56 Å². The van der Waals surface area contributed by atoms with E-state index < -0.39 is 0 Å². The molecule has 0 spiro atoms. The highest BCUT2D eigenvalue weighted by molar-refractivity contribution is 5.96. The molecule has 0 bridgehead atoms. The summed E-state index contributed by atoms with van der Waals surface area (Å²) in [5.41, 5.74) is 5.64. The molecule has 4 N–H and O–H groups in total. The van der Waals surface area contributed by atoms with Gasteiger partial charge in [0.2, 0.25) is 5.88 Å². The third-order valence-corrected chi connectivity index (χ3v) is 1.31. The standard InChI is InChI=1S/C7H10N4O2/c8-6(9)5-1-2-10-11-7(5)13-4-3-12/h1-2,12H,3-4H2,(H3,8,9). The van der Waals surface area contributed by atoms with Crippen molar-refractivity contribution in [3.8, 4) is 5.88 Å². The maximum Gasteiger partial charge on any atom is 0.244 e. The Hall–Kier alpha value is -1.69. The molecule has 13 heavy (non-hydrogen) atoms. The summed E-state index contributed by atoms with van der Waals surface area (Å²) in [4.78, 5) is 0. The number of nitrogens with two attached hydrogens (primary N) is 1. The zero-order valence-electron chi connectivity index (χ0n) is 6.90. The highest BCUT2D eigenvalue weighted by Gasteiger charge is 2.07. The third-order valence-electron chi connectivity index (χ3n) is 1.31. The number of aromatic nitrogens is 2. The van der Waals surface area contributed by atoms with E-state index in [-0.39, 0.29) is 24.9 Å². The van der Waals surface area contributed by atoms with Gasteiger partial charge in [-0.25, -0.2) is 0 Å². The van der Waals surface area contributed by atoms with Crippen molar-refractivity contribution in [3.05, 3.63) is 17.8 Å². The van der Waals surface area contributed by atoms with Crippen molar-refractivity contribution in [1.82, 2.24) is 10.2 Å². The fourth-order valence-corrected chi connectivity index (χ4v) is 0.773. The molecule has 1 heterocycles. The summed E-state index contributed by atoms with van der Waals surface area (Å²) in [6, 6.07) is 1.53. The van der Waals surface area contributed by atoms with Gasteiger partial charge in [0.05, 0.1) is 18.4 Å². The van der Waals surface area contributed by atoms with Gasteiger partial charge in [-0.1, -0.05) is 0 Å². The van der Waals surface area contributed by atoms with Gasteiger partial charge in [-0.3, -0.25) is 5.41 Å². The molecule has 1 rings (SSSR count). The van der Waals surface area contributed by atoms with Gasteiger partial charge in [-0.05, 0) is 6.07 Å². The molecule has 1 aromatic rings. The van der Waals surface area contributed by atoms with Crippen LogP contribution in [0.1, 0.15) is 5.56 Å². The summed E-state index contributed by atoms with van der Waals surface area (Å²) in [6.07, 6.45) is 1.42. The Morgan fingerprint density at radius 2 is 2.46 bits per heavy atom. The van der Waals surface area contributed by atoms with E-state index in [1.54, 1.807) is 0 Å². The fraction of sp³-hybridized carbons (Fsp3) is 0.286. The van der Waals surface area contributed by atoms with Gasteiger partial charge in [-0.2, -0.15) is 5.10 Å². The second-order valence-corrected chi connectivity index (χ2v) is 2.24. The van der Waals surface area contributed by atoms with Crippen LogP contribution in [0.5, 0.6) is 5.88 Å². The SMILES string of the molecule is N=C(N)c1ccnnc1OCCO. The van der Waals surface area contributed by atoms with Crippen LogP contribution in [0.25, 0.3) is 0 Å². The summed E-state index contributed by atoms with van der Waals surface area (Å²) in [5, 5.41) is 22.9. The molecule has 0 aromatic carbocycles. The number of amidine groups is 1. The van der Waals surface area contributed by atoms with E-state index in [0.717, 1.165) is 0 Å². The molecule has 0 aliphatic carbocycles. The van der Waals surface area contributed by atoms with Crippen LogP contribution in [0.2, 0.25) is 0 Å². The minimum atomic E-state index is -0.136. The van der Waals surface area contributed by atoms with Crippen LogP contribution in [0.3, 0.4) is 0 Å². The minimum absolute atomic E-state index is 0.110. The van der Waals surface area contributed by atoms with Crippen molar-refractivity contribution < 1.29 is 9.84 Å². The Bertz CT molecular complexity index is 302. The zero-order chi connectivity index (χ0) is 9.68. The molecular weight excluding hydrogens is 172 g/mol. The molecule has 0 atom stereocenters. The molecule has 0 fully saturated rings. The molecule has 0 aliphatic heterocycles. The topological polar surface area (TPSA) is 105 Å². The van der Waals surface area contributed by atoms with Crippen LogP contribution in [0, 0.1) is 5.41 Å². The minimum Gasteiger partial charge on any atom is -0.474 e. The number of aliphatic hydroxyl groups excluding tert-OH is 1. The van der Waals surface area contributed by atoms with Crippen LogP contribution in [0.15, 0.2) is 12.3 Å². The van der Waals surface area contributed by atoms with Gasteiger partial charge in [0, 0.05) is 0 Å². The first-order valence-corrected chi connectivity index (χ1v) is 3.65. The average molecular weight is 182 g/mol. The smallest absolute Gasteiger partial charge is 0.244 e. The molecule has 6 nitrogen and oxygen atoms in total. The summed E-state index contributed by atoms with van der Waals surface area (Å²) >= 11 is 0. The fourth-order valence-electron chi connectivity index (χ4n) is 0.773. The van der Waals surface area contributed by atoms with Gasteiger partial charge >= 0.3 is 0 Å². The van der Waals surface area contributed by atoms with Crippen molar-refractivity contribution >= 4 is 5.84 Å². The Labute approximate surface area is 74.9 Å². The first-order chi connectivity index (χ1) is 6.25. The molecule has 0 aliphatic rings. The number of nitrogen functional groups attached to an aromatic ring is 1. The molecule has 0 radical (unpaired) electrons. The molecule has 0 amide bonds. The number of nitrogens with zero attached hydrogens (tertiary/aromatic N) is 2. The average Bonchev–Trinajstić information content (AvgIpc) is 2.15. The molecular formula is C7H10N4O2. The lowest BCUT2D eigenvalue weighted by Gasteiger charge is -2.05. The van der Waals surface area contributed by atoms with Crippen LogP contribution in [-0.4, -0.2) is 34.4 Å². The van der Waals surface area contributed by atoms with Gasteiger partial charge < -0.3 is 15.6 Å². The summed E-state index contributed by atoms with van der Waals surface area (Å²) in [5.74, 6) is 0.0342. The molecule has 0 saturated heterocycles. The number of rotatable bonds is 4. The van der Waals surface area contributed by atoms with Crippen LogP contribution in [0.4, 0.5) is 0 Å². The lowest BCUT2D eigenvalue weighted by Crippen LogP contribution is -2.15. The molecule has 70 valence electrons. The third kappa shape index (κ3) is 2.38. The van der Waals surface area contributed by atoms with Crippen molar-refractivity contribution in [1.29, 1.82) is 5.41 Å². The molecule has 0 unspecified atom stereocenters. The summed E-state index contributed by atoms with van der Waals surface area (Å²) in [7, 11) is 0. The number of hydrogen-bond donors (Lipinski definition) is 3. The van der Waals surface area contributed by atoms with Crippen molar-refractivity contribution in [2.75, 3.05) is 13.2 Å². The first kappa shape index (κ1) is 9.40. The van der Waals surface area contributed by atoms with Crippen molar-refractivity contribution in [3.63, 3.8) is 0 Å². The maximum absolute atomic E-state index is 8.50. The van der Waals surface area contributed by atoms with Crippen molar-refractivity contribution in [2.24, 2.45) is 5.73 Å². The molecule has 1 aromatic heterocycles. The maximum atomic E-state index is 8.50. The Balaban J connectivity index is 2.84. The van der Waals surface area contributed by atoms with E-state index in [4.69, 9.17) is 21.0 Å². The van der Waals surface area contributed by atoms with Gasteiger partial charge in [0.25, 0.3) is 0 Å². The van der Waals surface area contributed by atoms with E-state index in [1.807, 2.05) is 0 Å². The second kappa shape index (κ2) is 4.36. The van der Waals surface area contributed by atoms with E-state index >= 15 is 0 Å². The van der Waals surface area contributed by atoms with Crippen LogP contribution < -0.4 is 10.5 Å². The predicted molar refractivity (Wildman–Crippen MR) is 45.6 cm³/mol. The molecule has 0 saturated carbocycles. The number of aliphatic hydroxyl groups is 1. The zero-order valence-corrected chi connectivity index (χ0v) is 6.90. The highest BCUT2D eigenvalue weighted by Crippen LogP contribution is 2.11. The number of hydrogen-bond acceptors (Lipinski definition) is 5. The largest absolute Gasteiger partial charge is 0.474 e. The summed E-state index contributed by atoms with van der Waals surface area (Å²) < 4.78 is 5.00. The second-order valence-electron chi connectivity index (χ2n) is 2.24. The van der Waals surface area contributed by atoms with Crippen LogP contribution >= 0.6 is 0 Å². The monoisotopic (exact) mass is 182 g/mol. The predicted octanol–water partition coefficient (Wildman–Crippen LogP) is -0.868. The van der Waals surface area contributed by atoms with Gasteiger partial charge in [0.15, 0.2) is 0 Å². The normalized spacial score (nSPS) is 9.62. The summed E-state index contributed by atoms with van der Waals surface area (Å²) in [6.45, 7) is -0.00705. The lowest BCUT2D eigenvalue weighted by molar-refractivity contribution is 0.195. The quantitative estimate of drug-likeness (QED) is 0.414. The Morgan fingerprint density at radius 1 is 1.69 bits per heavy atom. The van der Waals surface area contributed by atoms with Gasteiger partial charge in [-0.15, -0.1) is 5.10 Å². The van der Waals surface area contributed by atoms with Gasteiger partial charge in [0.1, 0.15) is 12.4 Å². The number of nitrogens with one attached hydrogen (secondary N) is 1. The van der Waals surface area contributed by atoms with Crippen LogP contribution in [-0.2, 0) is 0 Å². The molecule has 6 heteroatoms. The highest BCUT2D eigenvalue weighted by atomic mass is 16.5. The lowest BCUT2D eigenvalue weighted by atomic mass is 10.3. The Kier molecular flexibility index (Phi) is 3.15. The Morgan fingerprint density at radius 3 is 3.08 bits per heavy atom. The van der Waals surface area contributed by atoms with E-state index in [1.165, 1.54) is 12.3 Å².